The number of aryl methyl sites for hydroxylation is 1. The van der Waals surface area contributed by atoms with E-state index in [0.29, 0.717) is 18.6 Å². The number of hydrogen-bond acceptors (Lipinski definition) is 2. The summed E-state index contributed by atoms with van der Waals surface area (Å²) in [6, 6.07) is 1.88. The Balaban J connectivity index is 3.15. The summed E-state index contributed by atoms with van der Waals surface area (Å²) in [4.78, 5) is 10.3. The molecule has 0 aliphatic heterocycles. The first-order valence-corrected chi connectivity index (χ1v) is 5.28. The molecule has 1 aromatic carbocycles. The van der Waals surface area contributed by atoms with E-state index in [1.807, 2.05) is 19.9 Å². The summed E-state index contributed by atoms with van der Waals surface area (Å²) >= 11 is 3.44. The van der Waals surface area contributed by atoms with Crippen molar-refractivity contribution in [2.24, 2.45) is 0 Å². The van der Waals surface area contributed by atoms with Crippen molar-refractivity contribution in [3.8, 4) is 5.75 Å². The number of aromatic hydroxyl groups is 1. The van der Waals surface area contributed by atoms with Gasteiger partial charge in [-0.15, -0.1) is 0 Å². The fourth-order valence-corrected chi connectivity index (χ4v) is 2.31. The lowest BCUT2D eigenvalue weighted by atomic mass is 10.0. The third-order valence-electron chi connectivity index (χ3n) is 2.33. The van der Waals surface area contributed by atoms with Crippen LogP contribution < -0.4 is 0 Å². The second-order valence-corrected chi connectivity index (χ2v) is 4.19. The Morgan fingerprint density at radius 3 is 2.71 bits per heavy atom. The maximum atomic E-state index is 10.3. The predicted molar refractivity (Wildman–Crippen MR) is 59.7 cm³/mol. The number of phenolic OH excluding ortho intramolecular Hbond substituents is 1. The molecule has 0 heterocycles. The van der Waals surface area contributed by atoms with Gasteiger partial charge in [0.2, 0.25) is 0 Å². The van der Waals surface area contributed by atoms with E-state index >= 15 is 0 Å². The van der Waals surface area contributed by atoms with Crippen LogP contribution >= 0.6 is 15.9 Å². The number of hydrogen-bond donors (Lipinski definition) is 1. The van der Waals surface area contributed by atoms with Gasteiger partial charge in [0.05, 0.1) is 0 Å². The average molecular weight is 257 g/mol. The molecule has 1 N–H and O–H groups in total. The number of carbonyl (C=O) groups is 1. The van der Waals surface area contributed by atoms with Crippen molar-refractivity contribution in [1.29, 1.82) is 0 Å². The van der Waals surface area contributed by atoms with E-state index in [4.69, 9.17) is 0 Å². The number of aldehydes is 1. The molecule has 0 aliphatic carbocycles. The van der Waals surface area contributed by atoms with E-state index in [0.717, 1.165) is 27.4 Å². The van der Waals surface area contributed by atoms with Crippen LogP contribution in [0.4, 0.5) is 0 Å². The van der Waals surface area contributed by atoms with Gasteiger partial charge >= 0.3 is 0 Å². The highest BCUT2D eigenvalue weighted by atomic mass is 79.9. The molecular weight excluding hydrogens is 244 g/mol. The van der Waals surface area contributed by atoms with Crippen molar-refractivity contribution in [2.75, 3.05) is 0 Å². The van der Waals surface area contributed by atoms with Gasteiger partial charge in [-0.05, 0) is 43.0 Å². The highest BCUT2D eigenvalue weighted by Gasteiger charge is 2.10. The third kappa shape index (κ3) is 2.15. The summed E-state index contributed by atoms with van der Waals surface area (Å²) in [7, 11) is 0. The molecule has 2 nitrogen and oxygen atoms in total. The maximum absolute atomic E-state index is 10.3. The van der Waals surface area contributed by atoms with Crippen molar-refractivity contribution >= 4 is 22.2 Å². The van der Waals surface area contributed by atoms with Crippen molar-refractivity contribution < 1.29 is 9.90 Å². The van der Waals surface area contributed by atoms with Gasteiger partial charge in [-0.25, -0.2) is 0 Å². The zero-order valence-corrected chi connectivity index (χ0v) is 9.89. The third-order valence-corrected chi connectivity index (χ3v) is 3.03. The Morgan fingerprint density at radius 2 is 2.14 bits per heavy atom. The average Bonchev–Trinajstić information content (AvgIpc) is 2.14. The van der Waals surface area contributed by atoms with E-state index in [1.165, 1.54) is 0 Å². The quantitative estimate of drug-likeness (QED) is 0.845. The first-order chi connectivity index (χ1) is 6.57. The minimum absolute atomic E-state index is 0.328. The summed E-state index contributed by atoms with van der Waals surface area (Å²) < 4.78 is 0.965. The fourth-order valence-electron chi connectivity index (χ4n) is 1.47. The molecule has 0 aliphatic rings. The molecule has 76 valence electrons. The summed E-state index contributed by atoms with van der Waals surface area (Å²) in [5, 5.41) is 9.70. The van der Waals surface area contributed by atoms with Gasteiger partial charge in [-0.3, -0.25) is 0 Å². The number of carbonyl (C=O) groups excluding carboxylic acids is 1. The van der Waals surface area contributed by atoms with Crippen LogP contribution in [-0.2, 0) is 11.2 Å². The van der Waals surface area contributed by atoms with E-state index in [2.05, 4.69) is 15.9 Å². The van der Waals surface area contributed by atoms with Crippen LogP contribution in [0.15, 0.2) is 10.5 Å². The van der Waals surface area contributed by atoms with Crippen LogP contribution in [0.3, 0.4) is 0 Å². The smallest absolute Gasteiger partial charge is 0.121 e. The summed E-state index contributed by atoms with van der Waals surface area (Å²) in [5.41, 5.74) is 2.73. The van der Waals surface area contributed by atoms with Crippen LogP contribution in [0.2, 0.25) is 0 Å². The molecule has 0 atom stereocenters. The molecule has 0 unspecified atom stereocenters. The lowest BCUT2D eigenvalue weighted by Crippen LogP contribution is -1.94. The van der Waals surface area contributed by atoms with Crippen LogP contribution in [0.5, 0.6) is 5.75 Å². The molecule has 0 saturated heterocycles. The topological polar surface area (TPSA) is 37.3 Å². The first kappa shape index (κ1) is 11.2. The van der Waals surface area contributed by atoms with Crippen molar-refractivity contribution in [2.45, 2.75) is 26.7 Å². The zero-order chi connectivity index (χ0) is 10.7. The lowest BCUT2D eigenvalue weighted by molar-refractivity contribution is -0.107. The minimum Gasteiger partial charge on any atom is -0.507 e. The molecular formula is C11H13BrO2. The Bertz CT molecular complexity index is 359. The number of benzene rings is 1. The molecule has 0 aromatic heterocycles. The Labute approximate surface area is 92.1 Å². The molecule has 0 spiro atoms. The van der Waals surface area contributed by atoms with Gasteiger partial charge in [0, 0.05) is 10.9 Å². The van der Waals surface area contributed by atoms with E-state index in [1.54, 1.807) is 0 Å². The van der Waals surface area contributed by atoms with Crippen LogP contribution in [-0.4, -0.2) is 11.4 Å². The monoisotopic (exact) mass is 256 g/mol. The summed E-state index contributed by atoms with van der Waals surface area (Å²) in [5.74, 6) is 0.328. The maximum Gasteiger partial charge on any atom is 0.121 e. The molecule has 0 fully saturated rings. The van der Waals surface area contributed by atoms with Crippen LogP contribution in [0, 0.1) is 13.8 Å². The van der Waals surface area contributed by atoms with E-state index in [9.17, 15) is 9.90 Å². The molecule has 1 rings (SSSR count). The molecule has 0 amide bonds. The number of phenols is 1. The summed E-state index contributed by atoms with van der Waals surface area (Å²) in [6.45, 7) is 3.73. The van der Waals surface area contributed by atoms with Gasteiger partial charge < -0.3 is 9.90 Å². The minimum atomic E-state index is 0.328. The van der Waals surface area contributed by atoms with Crippen LogP contribution in [0.1, 0.15) is 23.1 Å². The van der Waals surface area contributed by atoms with Crippen molar-refractivity contribution in [3.63, 3.8) is 0 Å². The van der Waals surface area contributed by atoms with Crippen molar-refractivity contribution in [3.05, 3.63) is 27.2 Å². The van der Waals surface area contributed by atoms with E-state index in [-0.39, 0.29) is 0 Å². The summed E-state index contributed by atoms with van der Waals surface area (Å²) in [6.07, 6.45) is 2.05. The standard InChI is InChI=1S/C11H13BrO2/c1-7-6-10(12)9(4-3-5-13)8(2)11(7)14/h5-6,14H,3-4H2,1-2H3. The highest BCUT2D eigenvalue weighted by Crippen LogP contribution is 2.31. The molecule has 0 saturated carbocycles. The Kier molecular flexibility index (Phi) is 3.69. The molecule has 3 heteroatoms. The molecule has 0 bridgehead atoms. The largest absolute Gasteiger partial charge is 0.507 e. The molecule has 0 radical (unpaired) electrons. The van der Waals surface area contributed by atoms with Crippen molar-refractivity contribution in [1.82, 2.24) is 0 Å². The predicted octanol–water partition coefficient (Wildman–Crippen LogP) is 2.90. The van der Waals surface area contributed by atoms with Gasteiger partial charge in [-0.2, -0.15) is 0 Å². The zero-order valence-electron chi connectivity index (χ0n) is 8.30. The van der Waals surface area contributed by atoms with Crippen LogP contribution in [0.25, 0.3) is 0 Å². The molecule has 1 aromatic rings. The highest BCUT2D eigenvalue weighted by molar-refractivity contribution is 9.10. The van der Waals surface area contributed by atoms with Gasteiger partial charge in [0.25, 0.3) is 0 Å². The van der Waals surface area contributed by atoms with Gasteiger partial charge in [0.1, 0.15) is 12.0 Å². The normalized spacial score (nSPS) is 10.2. The Morgan fingerprint density at radius 1 is 1.50 bits per heavy atom. The van der Waals surface area contributed by atoms with Gasteiger partial charge in [0.15, 0.2) is 0 Å². The number of rotatable bonds is 3. The fraction of sp³-hybridized carbons (Fsp3) is 0.364. The second kappa shape index (κ2) is 4.60. The number of halogens is 1. The van der Waals surface area contributed by atoms with E-state index < -0.39 is 0 Å². The lowest BCUT2D eigenvalue weighted by Gasteiger charge is -2.11. The molecule has 14 heavy (non-hydrogen) atoms. The SMILES string of the molecule is Cc1cc(Br)c(CCC=O)c(C)c1O. The second-order valence-electron chi connectivity index (χ2n) is 3.33. The Hall–Kier alpha value is -0.830. The first-order valence-electron chi connectivity index (χ1n) is 4.49. The van der Waals surface area contributed by atoms with Gasteiger partial charge in [-0.1, -0.05) is 15.9 Å².